The number of benzene rings is 2. The number of ether oxygens (including phenoxy) is 2. The van der Waals surface area contributed by atoms with Gasteiger partial charge in [-0.2, -0.15) is 0 Å². The number of carbonyl (C=O) groups is 1. The van der Waals surface area contributed by atoms with Gasteiger partial charge in [0.2, 0.25) is 12.7 Å². The number of para-hydroxylation sites is 1. The van der Waals surface area contributed by atoms with E-state index < -0.39 is 23.2 Å². The Balaban J connectivity index is 1.51. The molecule has 1 aliphatic rings. The second kappa shape index (κ2) is 6.51. The monoisotopic (exact) mass is 320 g/mol. The Morgan fingerprint density at radius 1 is 1.09 bits per heavy atom. The number of hydrogen-bond donors (Lipinski definition) is 2. The van der Waals surface area contributed by atoms with Gasteiger partial charge in [0.25, 0.3) is 0 Å². The summed E-state index contributed by atoms with van der Waals surface area (Å²) in [5.74, 6) is -0.789. The molecule has 0 spiro atoms. The van der Waals surface area contributed by atoms with Crippen LogP contribution in [0.25, 0.3) is 0 Å². The van der Waals surface area contributed by atoms with E-state index in [1.54, 1.807) is 18.2 Å². The van der Waals surface area contributed by atoms with E-state index in [4.69, 9.17) is 9.47 Å². The van der Waals surface area contributed by atoms with E-state index in [-0.39, 0.29) is 13.2 Å². The van der Waals surface area contributed by atoms with E-state index in [1.165, 1.54) is 6.07 Å². The van der Waals surface area contributed by atoms with Crippen molar-refractivity contribution in [1.29, 1.82) is 0 Å². The smallest absolute Gasteiger partial charge is 0.231 e. The maximum absolute atomic E-state index is 13.4. The van der Waals surface area contributed by atoms with Gasteiger partial charge >= 0.3 is 0 Å². The number of fused-ring (bicyclic) bond motifs is 1. The minimum atomic E-state index is -0.804. The van der Waals surface area contributed by atoms with Crippen LogP contribution in [-0.2, 0) is 4.79 Å². The lowest BCUT2D eigenvalue weighted by Gasteiger charge is -2.09. The fourth-order valence-corrected chi connectivity index (χ4v) is 2.15. The third-order valence-corrected chi connectivity index (χ3v) is 3.28. The van der Waals surface area contributed by atoms with Gasteiger partial charge in [-0.1, -0.05) is 6.07 Å². The van der Waals surface area contributed by atoms with Crippen LogP contribution in [0.5, 0.6) is 11.5 Å². The molecule has 0 aromatic heterocycles. The summed E-state index contributed by atoms with van der Waals surface area (Å²) in [5.41, 5.74) is 0.333. The van der Waals surface area contributed by atoms with E-state index in [0.29, 0.717) is 18.0 Å². The van der Waals surface area contributed by atoms with Crippen LogP contribution in [0, 0.1) is 11.6 Å². The molecule has 5 nitrogen and oxygen atoms in total. The average molecular weight is 320 g/mol. The van der Waals surface area contributed by atoms with Crippen molar-refractivity contribution in [3.63, 3.8) is 0 Å². The quantitative estimate of drug-likeness (QED) is 0.888. The summed E-state index contributed by atoms with van der Waals surface area (Å²) in [6.45, 7) is 0.497. The molecule has 1 heterocycles. The molecular formula is C16H14F2N2O3. The van der Waals surface area contributed by atoms with Crippen molar-refractivity contribution >= 4 is 17.3 Å². The highest BCUT2D eigenvalue weighted by Gasteiger charge is 2.14. The van der Waals surface area contributed by atoms with Crippen molar-refractivity contribution < 1.29 is 23.0 Å². The third kappa shape index (κ3) is 3.50. The van der Waals surface area contributed by atoms with Crippen molar-refractivity contribution in [1.82, 2.24) is 0 Å². The van der Waals surface area contributed by atoms with Gasteiger partial charge in [-0.05, 0) is 24.3 Å². The Hall–Kier alpha value is -2.83. The molecule has 120 valence electrons. The zero-order chi connectivity index (χ0) is 16.2. The molecule has 0 aliphatic carbocycles. The van der Waals surface area contributed by atoms with Gasteiger partial charge in [0.15, 0.2) is 11.5 Å². The number of hydrogen-bond acceptors (Lipinski definition) is 4. The van der Waals surface area contributed by atoms with E-state index in [9.17, 15) is 13.6 Å². The molecule has 0 atom stereocenters. The molecule has 1 amide bonds. The van der Waals surface area contributed by atoms with Crippen LogP contribution < -0.4 is 20.1 Å². The highest BCUT2D eigenvalue weighted by atomic mass is 19.1. The van der Waals surface area contributed by atoms with Crippen molar-refractivity contribution in [2.45, 2.75) is 6.42 Å². The van der Waals surface area contributed by atoms with Gasteiger partial charge < -0.3 is 20.1 Å². The van der Waals surface area contributed by atoms with Gasteiger partial charge in [0.05, 0.1) is 0 Å². The normalized spacial score (nSPS) is 12.1. The first kappa shape index (κ1) is 15.1. The first-order chi connectivity index (χ1) is 11.1. The lowest BCUT2D eigenvalue weighted by Crippen LogP contribution is -2.17. The number of anilines is 2. The minimum Gasteiger partial charge on any atom is -0.454 e. The first-order valence-corrected chi connectivity index (χ1v) is 7.01. The molecule has 2 aromatic carbocycles. The van der Waals surface area contributed by atoms with Gasteiger partial charge in [0, 0.05) is 24.7 Å². The zero-order valence-electron chi connectivity index (χ0n) is 12.1. The van der Waals surface area contributed by atoms with Gasteiger partial charge in [-0.25, -0.2) is 8.78 Å². The molecule has 2 aromatic rings. The maximum Gasteiger partial charge on any atom is 0.231 e. The molecule has 0 saturated carbocycles. The predicted molar refractivity (Wildman–Crippen MR) is 80.7 cm³/mol. The lowest BCUT2D eigenvalue weighted by molar-refractivity contribution is -0.116. The summed E-state index contributed by atoms with van der Waals surface area (Å²) in [7, 11) is 0. The first-order valence-electron chi connectivity index (χ1n) is 7.01. The van der Waals surface area contributed by atoms with Crippen molar-refractivity contribution in [3.05, 3.63) is 48.0 Å². The molecule has 3 rings (SSSR count). The standard InChI is InChI=1S/C16H14F2N2O3/c17-11-2-1-3-12(18)16(11)20-15(21)6-7-19-10-4-5-13-14(8-10)23-9-22-13/h1-5,8,19H,6-7,9H2,(H,20,21). The molecule has 0 saturated heterocycles. The van der Waals surface area contributed by atoms with Crippen molar-refractivity contribution in [2.24, 2.45) is 0 Å². The molecule has 2 N–H and O–H groups in total. The van der Waals surface area contributed by atoms with Crippen LogP contribution in [0.4, 0.5) is 20.2 Å². The number of amides is 1. The minimum absolute atomic E-state index is 0.0578. The van der Waals surface area contributed by atoms with E-state index in [1.807, 2.05) is 0 Å². The third-order valence-electron chi connectivity index (χ3n) is 3.28. The Bertz CT molecular complexity index is 717. The number of carbonyl (C=O) groups excluding carboxylic acids is 1. The number of rotatable bonds is 5. The van der Waals surface area contributed by atoms with E-state index >= 15 is 0 Å². The summed E-state index contributed by atoms with van der Waals surface area (Å²) >= 11 is 0. The summed E-state index contributed by atoms with van der Waals surface area (Å²) in [5, 5.41) is 5.27. The van der Waals surface area contributed by atoms with E-state index in [0.717, 1.165) is 17.8 Å². The number of halogens is 2. The average Bonchev–Trinajstić information content (AvgIpc) is 2.99. The van der Waals surface area contributed by atoms with Gasteiger partial charge in [-0.15, -0.1) is 0 Å². The Labute approximate surface area is 131 Å². The molecule has 7 heteroatoms. The summed E-state index contributed by atoms with van der Waals surface area (Å²) < 4.78 is 37.3. The molecular weight excluding hydrogens is 306 g/mol. The van der Waals surface area contributed by atoms with Gasteiger partial charge in [0.1, 0.15) is 17.3 Å². The van der Waals surface area contributed by atoms with Crippen LogP contribution in [0.15, 0.2) is 36.4 Å². The Morgan fingerprint density at radius 3 is 2.61 bits per heavy atom. The number of nitrogens with one attached hydrogen (secondary N) is 2. The molecule has 0 radical (unpaired) electrons. The zero-order valence-corrected chi connectivity index (χ0v) is 12.1. The van der Waals surface area contributed by atoms with Crippen LogP contribution in [0.2, 0.25) is 0 Å². The second-order valence-electron chi connectivity index (χ2n) is 4.89. The Morgan fingerprint density at radius 2 is 1.83 bits per heavy atom. The largest absolute Gasteiger partial charge is 0.454 e. The molecule has 0 bridgehead atoms. The van der Waals surface area contributed by atoms with Crippen molar-refractivity contribution in [2.75, 3.05) is 24.0 Å². The van der Waals surface area contributed by atoms with E-state index in [2.05, 4.69) is 10.6 Å². The highest BCUT2D eigenvalue weighted by molar-refractivity contribution is 5.91. The second-order valence-corrected chi connectivity index (χ2v) is 4.89. The summed E-state index contributed by atoms with van der Waals surface area (Å²) in [6, 6.07) is 8.73. The molecule has 0 fully saturated rings. The molecule has 1 aliphatic heterocycles. The van der Waals surface area contributed by atoms with Crippen LogP contribution >= 0.6 is 0 Å². The van der Waals surface area contributed by atoms with Crippen LogP contribution in [0.3, 0.4) is 0 Å². The van der Waals surface area contributed by atoms with Crippen LogP contribution in [0.1, 0.15) is 6.42 Å². The van der Waals surface area contributed by atoms with Crippen LogP contribution in [-0.4, -0.2) is 19.2 Å². The summed E-state index contributed by atoms with van der Waals surface area (Å²) in [4.78, 5) is 11.8. The Kier molecular flexibility index (Phi) is 4.27. The topological polar surface area (TPSA) is 59.6 Å². The maximum atomic E-state index is 13.4. The molecule has 0 unspecified atom stereocenters. The lowest BCUT2D eigenvalue weighted by atomic mass is 10.2. The predicted octanol–water partition coefficient (Wildman–Crippen LogP) is 3.13. The van der Waals surface area contributed by atoms with Gasteiger partial charge in [-0.3, -0.25) is 4.79 Å². The highest BCUT2D eigenvalue weighted by Crippen LogP contribution is 2.34. The fourth-order valence-electron chi connectivity index (χ4n) is 2.15. The van der Waals surface area contributed by atoms with Crippen molar-refractivity contribution in [3.8, 4) is 11.5 Å². The SMILES string of the molecule is O=C(CCNc1ccc2c(c1)OCO2)Nc1c(F)cccc1F. The fraction of sp³-hybridized carbons (Fsp3) is 0.188. The molecule has 23 heavy (non-hydrogen) atoms. The summed E-state index contributed by atoms with van der Waals surface area (Å²) in [6.07, 6.45) is 0.0578.